The van der Waals surface area contributed by atoms with E-state index in [1.807, 2.05) is 19.2 Å². The van der Waals surface area contributed by atoms with Crippen molar-refractivity contribution in [1.82, 2.24) is 0 Å². The molecule has 0 saturated carbocycles. The van der Waals surface area contributed by atoms with Gasteiger partial charge in [0.15, 0.2) is 11.6 Å². The molecule has 17 heavy (non-hydrogen) atoms. The van der Waals surface area contributed by atoms with Crippen molar-refractivity contribution < 1.29 is 9.13 Å². The van der Waals surface area contributed by atoms with Gasteiger partial charge in [0.1, 0.15) is 0 Å². The van der Waals surface area contributed by atoms with E-state index in [0.717, 1.165) is 17.7 Å². The lowest BCUT2D eigenvalue weighted by Gasteiger charge is -2.11. The molecular formula is C13H20FNOS. The molecule has 0 radical (unpaired) electrons. The number of rotatable bonds is 7. The van der Waals surface area contributed by atoms with Gasteiger partial charge in [-0.2, -0.15) is 11.8 Å². The van der Waals surface area contributed by atoms with Crippen molar-refractivity contribution in [3.63, 3.8) is 0 Å². The quantitative estimate of drug-likeness (QED) is 0.763. The first-order chi connectivity index (χ1) is 8.17. The van der Waals surface area contributed by atoms with Crippen molar-refractivity contribution >= 4 is 11.8 Å². The summed E-state index contributed by atoms with van der Waals surface area (Å²) in [5.74, 6) is 0.891. The standard InChI is InChI=1S/C13H20FNOS/c1-3-11(15)8-10-4-5-13(12(14)9-10)16-6-7-17-2/h4-5,9,11H,3,6-8,15H2,1-2H3. The Morgan fingerprint density at radius 2 is 2.24 bits per heavy atom. The fourth-order valence-electron chi connectivity index (χ4n) is 1.47. The number of hydrogen-bond donors (Lipinski definition) is 1. The van der Waals surface area contributed by atoms with Gasteiger partial charge in [-0.3, -0.25) is 0 Å². The Balaban J connectivity index is 2.59. The number of benzene rings is 1. The van der Waals surface area contributed by atoms with Gasteiger partial charge in [-0.05, 0) is 36.8 Å². The van der Waals surface area contributed by atoms with Crippen LogP contribution in [0.25, 0.3) is 0 Å². The van der Waals surface area contributed by atoms with Crippen molar-refractivity contribution in [3.05, 3.63) is 29.6 Å². The third kappa shape index (κ3) is 4.96. The fraction of sp³-hybridized carbons (Fsp3) is 0.538. The van der Waals surface area contributed by atoms with Gasteiger partial charge in [0.05, 0.1) is 6.61 Å². The number of thioether (sulfide) groups is 1. The average Bonchev–Trinajstić information content (AvgIpc) is 2.32. The molecule has 0 aromatic heterocycles. The zero-order valence-electron chi connectivity index (χ0n) is 10.4. The Morgan fingerprint density at radius 1 is 1.47 bits per heavy atom. The minimum absolute atomic E-state index is 0.0951. The maximum absolute atomic E-state index is 13.7. The van der Waals surface area contributed by atoms with Crippen LogP contribution in [0.2, 0.25) is 0 Å². The molecular weight excluding hydrogens is 237 g/mol. The molecule has 2 N–H and O–H groups in total. The lowest BCUT2D eigenvalue weighted by atomic mass is 10.0. The second kappa shape index (κ2) is 7.56. The van der Waals surface area contributed by atoms with E-state index >= 15 is 0 Å². The molecule has 0 aliphatic rings. The normalized spacial score (nSPS) is 12.5. The van der Waals surface area contributed by atoms with Gasteiger partial charge >= 0.3 is 0 Å². The molecule has 0 spiro atoms. The Hall–Kier alpha value is -0.740. The Bertz CT molecular complexity index is 346. The van der Waals surface area contributed by atoms with E-state index in [1.54, 1.807) is 17.8 Å². The molecule has 0 bridgehead atoms. The average molecular weight is 257 g/mol. The van der Waals surface area contributed by atoms with E-state index in [2.05, 4.69) is 0 Å². The van der Waals surface area contributed by atoms with Crippen molar-refractivity contribution in [3.8, 4) is 5.75 Å². The van der Waals surface area contributed by atoms with Crippen molar-refractivity contribution in [2.24, 2.45) is 5.73 Å². The minimum atomic E-state index is -0.299. The summed E-state index contributed by atoms with van der Waals surface area (Å²) < 4.78 is 19.0. The molecule has 0 aliphatic heterocycles. The van der Waals surface area contributed by atoms with Crippen LogP contribution in [0, 0.1) is 5.82 Å². The van der Waals surface area contributed by atoms with E-state index in [1.165, 1.54) is 6.07 Å². The molecule has 1 aromatic rings. The zero-order chi connectivity index (χ0) is 12.7. The topological polar surface area (TPSA) is 35.2 Å². The van der Waals surface area contributed by atoms with Crippen LogP contribution in [-0.2, 0) is 6.42 Å². The van der Waals surface area contributed by atoms with Crippen LogP contribution in [0.15, 0.2) is 18.2 Å². The summed E-state index contributed by atoms with van der Waals surface area (Å²) in [6.07, 6.45) is 3.60. The molecule has 0 fully saturated rings. The van der Waals surface area contributed by atoms with E-state index < -0.39 is 0 Å². The summed E-state index contributed by atoms with van der Waals surface area (Å²) in [6.45, 7) is 2.56. The highest BCUT2D eigenvalue weighted by molar-refractivity contribution is 7.98. The molecule has 1 atom stereocenters. The summed E-state index contributed by atoms with van der Waals surface area (Å²) in [5, 5.41) is 0. The number of hydrogen-bond acceptors (Lipinski definition) is 3. The van der Waals surface area contributed by atoms with E-state index in [9.17, 15) is 4.39 Å². The van der Waals surface area contributed by atoms with Crippen LogP contribution >= 0.6 is 11.8 Å². The summed E-state index contributed by atoms with van der Waals surface area (Å²) in [6, 6.07) is 5.18. The smallest absolute Gasteiger partial charge is 0.165 e. The third-order valence-corrected chi connectivity index (χ3v) is 3.14. The number of ether oxygens (including phenoxy) is 1. The van der Waals surface area contributed by atoms with Gasteiger partial charge in [-0.15, -0.1) is 0 Å². The summed E-state index contributed by atoms with van der Waals surface area (Å²) in [4.78, 5) is 0. The van der Waals surface area contributed by atoms with Crippen LogP contribution in [0.1, 0.15) is 18.9 Å². The first-order valence-electron chi connectivity index (χ1n) is 5.83. The van der Waals surface area contributed by atoms with Crippen LogP contribution in [-0.4, -0.2) is 24.7 Å². The lowest BCUT2D eigenvalue weighted by Crippen LogP contribution is -2.21. The molecule has 1 rings (SSSR count). The Morgan fingerprint density at radius 3 is 2.82 bits per heavy atom. The van der Waals surface area contributed by atoms with Crippen LogP contribution < -0.4 is 10.5 Å². The summed E-state index contributed by atoms with van der Waals surface area (Å²) >= 11 is 1.68. The van der Waals surface area contributed by atoms with Crippen molar-refractivity contribution in [1.29, 1.82) is 0 Å². The number of halogens is 1. The van der Waals surface area contributed by atoms with Crippen LogP contribution in [0.3, 0.4) is 0 Å². The maximum atomic E-state index is 13.7. The molecule has 96 valence electrons. The largest absolute Gasteiger partial charge is 0.490 e. The second-order valence-corrected chi connectivity index (χ2v) is 4.96. The van der Waals surface area contributed by atoms with Gasteiger partial charge in [-0.1, -0.05) is 13.0 Å². The monoisotopic (exact) mass is 257 g/mol. The SMILES string of the molecule is CCC(N)Cc1ccc(OCCSC)c(F)c1. The fourth-order valence-corrected chi connectivity index (χ4v) is 1.72. The summed E-state index contributed by atoms with van der Waals surface area (Å²) in [5.41, 5.74) is 6.76. The van der Waals surface area contributed by atoms with Gasteiger partial charge in [0, 0.05) is 11.8 Å². The zero-order valence-corrected chi connectivity index (χ0v) is 11.2. The molecule has 2 nitrogen and oxygen atoms in total. The molecule has 1 unspecified atom stereocenters. The molecule has 0 saturated heterocycles. The Labute approximate surface area is 107 Å². The molecule has 4 heteroatoms. The first kappa shape index (κ1) is 14.3. The van der Waals surface area contributed by atoms with Crippen molar-refractivity contribution in [2.45, 2.75) is 25.8 Å². The second-order valence-electron chi connectivity index (χ2n) is 3.98. The van der Waals surface area contributed by atoms with Crippen LogP contribution in [0.5, 0.6) is 5.75 Å². The third-order valence-electron chi connectivity index (χ3n) is 2.56. The predicted molar refractivity (Wildman–Crippen MR) is 72.2 cm³/mol. The van der Waals surface area contributed by atoms with E-state index in [0.29, 0.717) is 18.8 Å². The lowest BCUT2D eigenvalue weighted by molar-refractivity contribution is 0.324. The van der Waals surface area contributed by atoms with Gasteiger partial charge in [0.25, 0.3) is 0 Å². The van der Waals surface area contributed by atoms with Gasteiger partial charge < -0.3 is 10.5 Å². The van der Waals surface area contributed by atoms with Crippen molar-refractivity contribution in [2.75, 3.05) is 18.6 Å². The Kier molecular flexibility index (Phi) is 6.37. The van der Waals surface area contributed by atoms with E-state index in [4.69, 9.17) is 10.5 Å². The molecule has 0 aliphatic carbocycles. The number of nitrogens with two attached hydrogens (primary N) is 1. The molecule has 0 heterocycles. The highest BCUT2D eigenvalue weighted by atomic mass is 32.2. The maximum Gasteiger partial charge on any atom is 0.165 e. The minimum Gasteiger partial charge on any atom is -0.490 e. The highest BCUT2D eigenvalue weighted by Gasteiger charge is 2.07. The molecule has 1 aromatic carbocycles. The van der Waals surface area contributed by atoms with E-state index in [-0.39, 0.29) is 11.9 Å². The highest BCUT2D eigenvalue weighted by Crippen LogP contribution is 2.19. The summed E-state index contributed by atoms with van der Waals surface area (Å²) in [7, 11) is 0. The van der Waals surface area contributed by atoms with Crippen LogP contribution in [0.4, 0.5) is 4.39 Å². The molecule has 0 amide bonds. The first-order valence-corrected chi connectivity index (χ1v) is 7.22. The van der Waals surface area contributed by atoms with Gasteiger partial charge in [0.2, 0.25) is 0 Å². The predicted octanol–water partition coefficient (Wildman–Crippen LogP) is 2.85. The van der Waals surface area contributed by atoms with Gasteiger partial charge in [-0.25, -0.2) is 4.39 Å².